The first-order valence-corrected chi connectivity index (χ1v) is 7.46. The van der Waals surface area contributed by atoms with Gasteiger partial charge < -0.3 is 14.5 Å². The molecule has 0 amide bonds. The average molecular weight is 316 g/mol. The fourth-order valence-corrected chi connectivity index (χ4v) is 3.13. The Morgan fingerprint density at radius 1 is 1.18 bits per heavy atom. The molecular formula is C16H23F3N2O. The summed E-state index contributed by atoms with van der Waals surface area (Å²) < 4.78 is 40.5. The van der Waals surface area contributed by atoms with Crippen LogP contribution in [0.2, 0.25) is 0 Å². The molecule has 1 heterocycles. The summed E-state index contributed by atoms with van der Waals surface area (Å²) in [5.41, 5.74) is 0.906. The third kappa shape index (κ3) is 4.06. The molecular weight excluding hydrogens is 293 g/mol. The Morgan fingerprint density at radius 3 is 2.32 bits per heavy atom. The van der Waals surface area contributed by atoms with E-state index in [1.54, 1.807) is 12.1 Å². The molecule has 0 aromatic heterocycles. The lowest BCUT2D eigenvalue weighted by Gasteiger charge is -2.44. The molecule has 0 spiro atoms. The Kier molecular flexibility index (Phi) is 4.90. The third-order valence-electron chi connectivity index (χ3n) is 4.54. The highest BCUT2D eigenvalue weighted by atomic mass is 19.4. The lowest BCUT2D eigenvalue weighted by molar-refractivity contribution is -0.274. The molecule has 1 fully saturated rings. The molecule has 1 aromatic rings. The zero-order chi connectivity index (χ0) is 16.5. The Bertz CT molecular complexity index is 489. The summed E-state index contributed by atoms with van der Waals surface area (Å²) in [5, 5.41) is 0. The van der Waals surface area contributed by atoms with E-state index in [1.165, 1.54) is 12.1 Å². The third-order valence-corrected chi connectivity index (χ3v) is 4.54. The van der Waals surface area contributed by atoms with Gasteiger partial charge in [0.15, 0.2) is 0 Å². The smallest absolute Gasteiger partial charge is 0.406 e. The van der Waals surface area contributed by atoms with Crippen molar-refractivity contribution in [2.24, 2.45) is 5.92 Å². The van der Waals surface area contributed by atoms with Crippen molar-refractivity contribution in [2.45, 2.75) is 38.7 Å². The molecule has 0 aliphatic carbocycles. The summed E-state index contributed by atoms with van der Waals surface area (Å²) in [7, 11) is 4.12. The summed E-state index contributed by atoms with van der Waals surface area (Å²) in [6.07, 6.45) is -3.61. The largest absolute Gasteiger partial charge is 0.573 e. The summed E-state index contributed by atoms with van der Waals surface area (Å²) in [4.78, 5) is 4.50. The Balaban J connectivity index is 2.07. The van der Waals surface area contributed by atoms with Gasteiger partial charge in [-0.05, 0) is 50.6 Å². The standard InChI is InChI=1S/C16H23F3N2O/c1-11-10-20(3)12(2)9-15(11)21(4)13-5-7-14(8-6-13)22-16(17,18)19/h5-8,11-12,15H,9-10H2,1-4H3. The molecule has 3 atom stereocenters. The number of halogens is 3. The van der Waals surface area contributed by atoms with Gasteiger partial charge in [-0.15, -0.1) is 13.2 Å². The highest BCUT2D eigenvalue weighted by Gasteiger charge is 2.32. The minimum absolute atomic E-state index is 0.186. The van der Waals surface area contributed by atoms with E-state index >= 15 is 0 Å². The van der Waals surface area contributed by atoms with Crippen LogP contribution < -0.4 is 9.64 Å². The van der Waals surface area contributed by atoms with Gasteiger partial charge in [-0.3, -0.25) is 0 Å². The minimum atomic E-state index is -4.65. The summed E-state index contributed by atoms with van der Waals surface area (Å²) in [6.45, 7) is 5.43. The highest BCUT2D eigenvalue weighted by Crippen LogP contribution is 2.30. The number of ether oxygens (including phenoxy) is 1. The molecule has 1 aromatic carbocycles. The number of piperidine rings is 1. The van der Waals surface area contributed by atoms with Crippen LogP contribution in [-0.4, -0.2) is 44.0 Å². The van der Waals surface area contributed by atoms with E-state index in [1.807, 2.05) is 7.05 Å². The van der Waals surface area contributed by atoms with Gasteiger partial charge in [0.05, 0.1) is 0 Å². The van der Waals surface area contributed by atoms with Crippen LogP contribution in [0.15, 0.2) is 24.3 Å². The van der Waals surface area contributed by atoms with Crippen LogP contribution in [0, 0.1) is 5.92 Å². The van der Waals surface area contributed by atoms with Gasteiger partial charge in [-0.1, -0.05) is 6.92 Å². The fourth-order valence-electron chi connectivity index (χ4n) is 3.13. The minimum Gasteiger partial charge on any atom is -0.406 e. The molecule has 1 aliphatic rings. The molecule has 3 unspecified atom stereocenters. The van der Waals surface area contributed by atoms with Crippen molar-refractivity contribution >= 4 is 5.69 Å². The van der Waals surface area contributed by atoms with E-state index < -0.39 is 6.36 Å². The first-order valence-electron chi connectivity index (χ1n) is 7.46. The van der Waals surface area contributed by atoms with Crippen LogP contribution in [0.5, 0.6) is 5.75 Å². The maximum Gasteiger partial charge on any atom is 0.573 e. The monoisotopic (exact) mass is 316 g/mol. The maximum absolute atomic E-state index is 12.2. The van der Waals surface area contributed by atoms with E-state index in [9.17, 15) is 13.2 Å². The van der Waals surface area contributed by atoms with Gasteiger partial charge in [0.2, 0.25) is 0 Å². The number of hydrogen-bond donors (Lipinski definition) is 0. The number of nitrogens with zero attached hydrogens (tertiary/aromatic N) is 2. The maximum atomic E-state index is 12.2. The molecule has 0 saturated carbocycles. The molecule has 124 valence electrons. The molecule has 1 aliphatic heterocycles. The number of alkyl halides is 3. The zero-order valence-electron chi connectivity index (χ0n) is 13.4. The van der Waals surface area contributed by atoms with E-state index in [0.717, 1.165) is 18.7 Å². The Morgan fingerprint density at radius 2 is 1.77 bits per heavy atom. The van der Waals surface area contributed by atoms with Crippen LogP contribution in [0.4, 0.5) is 18.9 Å². The van der Waals surface area contributed by atoms with Crippen molar-refractivity contribution in [1.82, 2.24) is 4.90 Å². The van der Waals surface area contributed by atoms with Gasteiger partial charge >= 0.3 is 6.36 Å². The SMILES string of the molecule is CC1CN(C)C(C)CC1N(C)c1ccc(OC(F)(F)F)cc1. The predicted molar refractivity (Wildman–Crippen MR) is 81.2 cm³/mol. The number of likely N-dealkylation sites (tertiary alicyclic amines) is 1. The van der Waals surface area contributed by atoms with Gasteiger partial charge in [0.1, 0.15) is 5.75 Å². The molecule has 6 heteroatoms. The molecule has 3 nitrogen and oxygen atoms in total. The predicted octanol–water partition coefficient (Wildman–Crippen LogP) is 3.75. The lowest BCUT2D eigenvalue weighted by atomic mass is 9.88. The van der Waals surface area contributed by atoms with Gasteiger partial charge in [0, 0.05) is 31.4 Å². The lowest BCUT2D eigenvalue weighted by Crippen LogP contribution is -2.51. The fraction of sp³-hybridized carbons (Fsp3) is 0.625. The van der Waals surface area contributed by atoms with Crippen molar-refractivity contribution in [3.05, 3.63) is 24.3 Å². The van der Waals surface area contributed by atoms with Crippen molar-refractivity contribution < 1.29 is 17.9 Å². The van der Waals surface area contributed by atoms with E-state index in [-0.39, 0.29) is 5.75 Å². The number of rotatable bonds is 3. The van der Waals surface area contributed by atoms with Gasteiger partial charge in [-0.25, -0.2) is 0 Å². The molecule has 2 rings (SSSR count). The van der Waals surface area contributed by atoms with Crippen LogP contribution >= 0.6 is 0 Å². The first-order chi connectivity index (χ1) is 10.2. The quantitative estimate of drug-likeness (QED) is 0.845. The van der Waals surface area contributed by atoms with Gasteiger partial charge in [-0.2, -0.15) is 0 Å². The van der Waals surface area contributed by atoms with Crippen molar-refractivity contribution in [1.29, 1.82) is 0 Å². The molecule has 0 radical (unpaired) electrons. The topological polar surface area (TPSA) is 15.7 Å². The van der Waals surface area contributed by atoms with Gasteiger partial charge in [0.25, 0.3) is 0 Å². The number of anilines is 1. The summed E-state index contributed by atoms with van der Waals surface area (Å²) >= 11 is 0. The van der Waals surface area contributed by atoms with Crippen LogP contribution in [-0.2, 0) is 0 Å². The zero-order valence-corrected chi connectivity index (χ0v) is 13.4. The molecule has 0 N–H and O–H groups in total. The summed E-state index contributed by atoms with van der Waals surface area (Å²) in [5.74, 6) is 0.312. The van der Waals surface area contributed by atoms with Crippen LogP contribution in [0.1, 0.15) is 20.3 Å². The number of hydrogen-bond acceptors (Lipinski definition) is 3. The Hall–Kier alpha value is -1.43. The first kappa shape index (κ1) is 16.9. The molecule has 22 heavy (non-hydrogen) atoms. The molecule has 0 bridgehead atoms. The van der Waals surface area contributed by atoms with Crippen molar-refractivity contribution in [3.63, 3.8) is 0 Å². The number of benzene rings is 1. The van der Waals surface area contributed by atoms with Crippen LogP contribution in [0.3, 0.4) is 0 Å². The second kappa shape index (κ2) is 6.36. The van der Waals surface area contributed by atoms with Crippen LogP contribution in [0.25, 0.3) is 0 Å². The second-order valence-corrected chi connectivity index (χ2v) is 6.22. The Labute approximate surface area is 129 Å². The van der Waals surface area contributed by atoms with E-state index in [0.29, 0.717) is 18.0 Å². The summed E-state index contributed by atoms with van der Waals surface area (Å²) in [6, 6.07) is 6.95. The van der Waals surface area contributed by atoms with Crippen molar-refractivity contribution in [3.8, 4) is 5.75 Å². The highest BCUT2D eigenvalue weighted by molar-refractivity contribution is 5.49. The van der Waals surface area contributed by atoms with E-state index in [4.69, 9.17) is 0 Å². The van der Waals surface area contributed by atoms with Crippen molar-refractivity contribution in [2.75, 3.05) is 25.5 Å². The second-order valence-electron chi connectivity index (χ2n) is 6.22. The average Bonchev–Trinajstić information content (AvgIpc) is 2.41. The normalized spacial score (nSPS) is 26.8. The van der Waals surface area contributed by atoms with E-state index in [2.05, 4.69) is 35.4 Å². The molecule has 1 saturated heterocycles.